The molecule has 2 amide bonds. The number of aryl methyl sites for hydroxylation is 2. The predicted molar refractivity (Wildman–Crippen MR) is 151 cm³/mol. The third-order valence-corrected chi connectivity index (χ3v) is 7.95. The maximum Gasteiger partial charge on any atom is 0.471 e. The molecule has 2 heterocycles. The Balaban J connectivity index is 1.75. The second-order valence-electron chi connectivity index (χ2n) is 11.2. The number of halogens is 6. The van der Waals surface area contributed by atoms with E-state index in [2.05, 4.69) is 0 Å². The fourth-order valence-corrected chi connectivity index (χ4v) is 5.88. The molecule has 3 N–H and O–H groups in total. The number of carbonyl (C=O) groups is 3. The van der Waals surface area contributed by atoms with Crippen LogP contribution in [0.2, 0.25) is 0 Å². The zero-order valence-corrected chi connectivity index (χ0v) is 24.7. The van der Waals surface area contributed by atoms with E-state index >= 15 is 0 Å². The fourth-order valence-electron chi connectivity index (χ4n) is 5.88. The summed E-state index contributed by atoms with van der Waals surface area (Å²) < 4.78 is 93.1. The van der Waals surface area contributed by atoms with Gasteiger partial charge in [0.05, 0.1) is 17.4 Å². The molecule has 0 aliphatic carbocycles. The number of hydrogen-bond acceptors (Lipinski definition) is 7. The van der Waals surface area contributed by atoms with Gasteiger partial charge in [0.1, 0.15) is 11.5 Å². The van der Waals surface area contributed by atoms with E-state index < -0.39 is 47.9 Å². The molecule has 0 bridgehead atoms. The van der Waals surface area contributed by atoms with Crippen molar-refractivity contribution in [1.29, 1.82) is 0 Å². The van der Waals surface area contributed by atoms with E-state index in [4.69, 9.17) is 20.2 Å². The number of rotatable bonds is 6. The number of fused-ring (bicyclic) bond motifs is 6. The standard InChI is InChI=1S/C31H27F6N3O6/c1-14-9-20-24(12-22(14)39-27(42)30(32,33)34)44-25-13-23(40(28(43)31(35,36)37)16(3)11-17(4)46-38)15(2)10-21(25)29(20)19-8-6-5-7-18(19)26(41)45-29/h5-10,12-13,16-17H,11,38H2,1-4H3,(H,39,42). The Morgan fingerprint density at radius 1 is 0.935 bits per heavy atom. The van der Waals surface area contributed by atoms with Gasteiger partial charge in [-0.25, -0.2) is 10.7 Å². The summed E-state index contributed by atoms with van der Waals surface area (Å²) in [5, 5.41) is 1.79. The Morgan fingerprint density at radius 2 is 1.54 bits per heavy atom. The highest BCUT2D eigenvalue weighted by atomic mass is 19.4. The lowest BCUT2D eigenvalue weighted by atomic mass is 9.76. The third kappa shape index (κ3) is 5.42. The van der Waals surface area contributed by atoms with Gasteiger partial charge in [-0.05, 0) is 63.4 Å². The minimum absolute atomic E-state index is 0.0883. The fraction of sp³-hybridized carbons (Fsp3) is 0.323. The van der Waals surface area contributed by atoms with Crippen LogP contribution in [0.25, 0.3) is 0 Å². The van der Waals surface area contributed by atoms with E-state index in [1.807, 2.05) is 0 Å². The van der Waals surface area contributed by atoms with Gasteiger partial charge in [0.2, 0.25) is 0 Å². The van der Waals surface area contributed by atoms with Gasteiger partial charge in [-0.2, -0.15) is 26.3 Å². The van der Waals surface area contributed by atoms with Crippen LogP contribution in [0.1, 0.15) is 58.4 Å². The van der Waals surface area contributed by atoms with Crippen molar-refractivity contribution in [2.75, 3.05) is 10.2 Å². The smallest absolute Gasteiger partial charge is 0.456 e. The lowest BCUT2D eigenvalue weighted by Gasteiger charge is -2.39. The van der Waals surface area contributed by atoms with E-state index in [1.54, 1.807) is 23.5 Å². The Labute approximate surface area is 258 Å². The summed E-state index contributed by atoms with van der Waals surface area (Å²) in [6.07, 6.45) is -11.3. The highest BCUT2D eigenvalue weighted by Gasteiger charge is 2.54. The Bertz CT molecular complexity index is 1760. The molecule has 0 fully saturated rings. The third-order valence-electron chi connectivity index (χ3n) is 7.95. The number of nitrogens with two attached hydrogens (primary N) is 1. The number of nitrogens with zero attached hydrogens (tertiary/aromatic N) is 1. The summed E-state index contributed by atoms with van der Waals surface area (Å²) in [7, 11) is 0. The van der Waals surface area contributed by atoms with Crippen molar-refractivity contribution in [1.82, 2.24) is 0 Å². The van der Waals surface area contributed by atoms with Crippen LogP contribution < -0.4 is 20.9 Å². The molecule has 244 valence electrons. The van der Waals surface area contributed by atoms with Crippen molar-refractivity contribution < 1.29 is 55.0 Å². The van der Waals surface area contributed by atoms with E-state index in [0.29, 0.717) is 10.5 Å². The summed E-state index contributed by atoms with van der Waals surface area (Å²) in [5.74, 6) is -0.254. The summed E-state index contributed by atoms with van der Waals surface area (Å²) >= 11 is 0. The molecule has 2 aliphatic rings. The average molecular weight is 652 g/mol. The van der Waals surface area contributed by atoms with Crippen LogP contribution in [0, 0.1) is 13.8 Å². The predicted octanol–water partition coefficient (Wildman–Crippen LogP) is 6.32. The summed E-state index contributed by atoms with van der Waals surface area (Å²) in [5.41, 5.74) is -0.970. The van der Waals surface area contributed by atoms with Crippen molar-refractivity contribution >= 4 is 29.2 Å². The zero-order chi connectivity index (χ0) is 33.9. The topological polar surface area (TPSA) is 120 Å². The quantitative estimate of drug-likeness (QED) is 0.182. The zero-order valence-electron chi connectivity index (χ0n) is 24.7. The van der Waals surface area contributed by atoms with Crippen LogP contribution in [0.5, 0.6) is 11.5 Å². The van der Waals surface area contributed by atoms with Gasteiger partial charge in [-0.15, -0.1) is 0 Å². The molecule has 3 atom stereocenters. The van der Waals surface area contributed by atoms with Crippen LogP contribution in [0.15, 0.2) is 48.5 Å². The molecular weight excluding hydrogens is 624 g/mol. The SMILES string of the molecule is Cc1cc2c(cc1NC(=O)C(F)(F)F)Oc1cc(N(C(=O)C(F)(F)F)C(C)CC(C)ON)c(C)cc1C21OC(=O)c2ccccc21. The lowest BCUT2D eigenvalue weighted by Crippen LogP contribution is -2.48. The van der Waals surface area contributed by atoms with Gasteiger partial charge in [0.15, 0.2) is 5.60 Å². The van der Waals surface area contributed by atoms with Gasteiger partial charge in [0, 0.05) is 40.6 Å². The number of anilines is 2. The Kier molecular flexibility index (Phi) is 8.06. The highest BCUT2D eigenvalue weighted by Crippen LogP contribution is 2.58. The van der Waals surface area contributed by atoms with Crippen LogP contribution in [-0.4, -0.2) is 42.3 Å². The number of carbonyl (C=O) groups excluding carboxylic acids is 3. The molecule has 1 spiro atoms. The lowest BCUT2D eigenvalue weighted by molar-refractivity contribution is -0.171. The highest BCUT2D eigenvalue weighted by molar-refractivity contribution is 6.00. The van der Waals surface area contributed by atoms with Gasteiger partial charge in [-0.3, -0.25) is 9.59 Å². The average Bonchev–Trinajstić information content (AvgIpc) is 3.26. The normalized spacial score (nSPS) is 18.1. The van der Waals surface area contributed by atoms with Crippen molar-refractivity contribution in [3.63, 3.8) is 0 Å². The van der Waals surface area contributed by atoms with Crippen LogP contribution in [-0.2, 0) is 24.8 Å². The molecule has 15 heteroatoms. The largest absolute Gasteiger partial charge is 0.471 e. The molecule has 0 saturated carbocycles. The van der Waals surface area contributed by atoms with Crippen molar-refractivity contribution in [2.24, 2.45) is 5.90 Å². The minimum Gasteiger partial charge on any atom is -0.456 e. The molecule has 9 nitrogen and oxygen atoms in total. The first kappa shape index (κ1) is 32.8. The minimum atomic E-state index is -5.28. The first-order valence-corrected chi connectivity index (χ1v) is 13.8. The molecule has 3 unspecified atom stereocenters. The Hall–Kier alpha value is -4.63. The number of nitrogens with one attached hydrogen (secondary N) is 1. The van der Waals surface area contributed by atoms with E-state index in [-0.39, 0.29) is 57.1 Å². The Morgan fingerprint density at radius 3 is 2.15 bits per heavy atom. The molecule has 3 aromatic rings. The van der Waals surface area contributed by atoms with Crippen molar-refractivity contribution in [3.8, 4) is 11.5 Å². The maximum absolute atomic E-state index is 13.9. The molecule has 5 rings (SSSR count). The van der Waals surface area contributed by atoms with Gasteiger partial charge < -0.3 is 24.5 Å². The summed E-state index contributed by atoms with van der Waals surface area (Å²) in [4.78, 5) is 43.0. The van der Waals surface area contributed by atoms with Gasteiger partial charge in [0.25, 0.3) is 0 Å². The second-order valence-corrected chi connectivity index (χ2v) is 11.2. The van der Waals surface area contributed by atoms with Gasteiger partial charge >= 0.3 is 30.1 Å². The maximum atomic E-state index is 13.9. The number of hydrogen-bond donors (Lipinski definition) is 2. The summed E-state index contributed by atoms with van der Waals surface area (Å²) in [6.45, 7) is 5.79. The molecular formula is C31H27F6N3O6. The van der Waals surface area contributed by atoms with Crippen LogP contribution >= 0.6 is 0 Å². The van der Waals surface area contributed by atoms with E-state index in [1.165, 1.54) is 52.0 Å². The first-order valence-electron chi connectivity index (χ1n) is 13.8. The molecule has 46 heavy (non-hydrogen) atoms. The van der Waals surface area contributed by atoms with Crippen molar-refractivity contribution in [3.05, 3.63) is 81.9 Å². The number of esters is 1. The van der Waals surface area contributed by atoms with Crippen molar-refractivity contribution in [2.45, 2.75) is 64.2 Å². The number of alkyl halides is 6. The molecule has 0 saturated heterocycles. The first-order chi connectivity index (χ1) is 21.4. The molecule has 0 radical (unpaired) electrons. The number of ether oxygens (including phenoxy) is 2. The molecule has 0 aromatic heterocycles. The van der Waals surface area contributed by atoms with Gasteiger partial charge in [-0.1, -0.05) is 18.2 Å². The summed E-state index contributed by atoms with van der Waals surface area (Å²) in [6, 6.07) is 10.4. The van der Waals surface area contributed by atoms with Crippen LogP contribution in [0.3, 0.4) is 0 Å². The number of amides is 2. The molecule has 2 aliphatic heterocycles. The monoisotopic (exact) mass is 651 g/mol. The number of benzene rings is 3. The van der Waals surface area contributed by atoms with Crippen LogP contribution in [0.4, 0.5) is 37.7 Å². The van der Waals surface area contributed by atoms with E-state index in [0.717, 1.165) is 6.07 Å². The second kappa shape index (κ2) is 11.3. The molecule has 3 aromatic carbocycles. The van der Waals surface area contributed by atoms with E-state index in [9.17, 15) is 40.7 Å².